The van der Waals surface area contributed by atoms with Crippen molar-refractivity contribution in [2.75, 3.05) is 6.61 Å². The lowest BCUT2D eigenvalue weighted by Crippen LogP contribution is -1.99. The molecule has 0 aliphatic carbocycles. The first-order valence-corrected chi connectivity index (χ1v) is 5.53. The Kier molecular flexibility index (Phi) is 5.19. The topological polar surface area (TPSA) is 26.3 Å². The minimum atomic E-state index is 0.552. The normalized spacial score (nSPS) is 10.0. The molecule has 0 fully saturated rings. The monoisotopic (exact) mass is 226 g/mol. The molecule has 82 valence electrons. The number of benzene rings is 1. The zero-order valence-corrected chi connectivity index (χ0v) is 9.59. The molecule has 0 aromatic heterocycles. The molecule has 15 heavy (non-hydrogen) atoms. The molecule has 0 radical (unpaired) electrons. The van der Waals surface area contributed by atoms with Crippen LogP contribution < -0.4 is 4.74 Å². The Labute approximate surface area is 95.2 Å². The first-order chi connectivity index (χ1) is 7.27. The molecule has 1 rings (SSSR count). The van der Waals surface area contributed by atoms with Gasteiger partial charge < -0.3 is 4.74 Å². The second kappa shape index (κ2) is 6.46. The van der Waals surface area contributed by atoms with Crippen LogP contribution in [0.15, 0.2) is 18.2 Å². The third kappa shape index (κ3) is 3.92. The van der Waals surface area contributed by atoms with Gasteiger partial charge in [0.1, 0.15) is 5.75 Å². The van der Waals surface area contributed by atoms with E-state index in [1.54, 1.807) is 18.2 Å². The van der Waals surface area contributed by atoms with Crippen molar-refractivity contribution in [1.29, 1.82) is 0 Å². The van der Waals surface area contributed by atoms with Crippen LogP contribution in [0.3, 0.4) is 0 Å². The summed E-state index contributed by atoms with van der Waals surface area (Å²) in [7, 11) is 0. The van der Waals surface area contributed by atoms with Crippen LogP contribution in [0.5, 0.6) is 5.75 Å². The number of carbonyl (C=O) groups is 1. The van der Waals surface area contributed by atoms with E-state index < -0.39 is 0 Å². The van der Waals surface area contributed by atoms with Crippen LogP contribution in [-0.4, -0.2) is 12.9 Å². The molecule has 0 amide bonds. The number of rotatable bonds is 6. The zero-order chi connectivity index (χ0) is 11.1. The predicted molar refractivity (Wildman–Crippen MR) is 61.9 cm³/mol. The number of ether oxygens (including phenoxy) is 1. The van der Waals surface area contributed by atoms with Crippen molar-refractivity contribution in [2.45, 2.75) is 26.2 Å². The maximum absolute atomic E-state index is 10.7. The molecule has 0 saturated heterocycles. The minimum absolute atomic E-state index is 0.552. The van der Waals surface area contributed by atoms with Crippen LogP contribution in [0.25, 0.3) is 0 Å². The molecule has 0 aliphatic heterocycles. The zero-order valence-electron chi connectivity index (χ0n) is 8.83. The molecule has 2 nitrogen and oxygen atoms in total. The second-order valence-corrected chi connectivity index (χ2v) is 3.79. The van der Waals surface area contributed by atoms with Gasteiger partial charge in [-0.1, -0.05) is 31.4 Å². The van der Waals surface area contributed by atoms with Gasteiger partial charge in [-0.05, 0) is 24.6 Å². The Hall–Kier alpha value is -1.02. The van der Waals surface area contributed by atoms with Gasteiger partial charge in [0.2, 0.25) is 0 Å². The fourth-order valence-electron chi connectivity index (χ4n) is 1.26. The molecule has 0 aliphatic rings. The van der Waals surface area contributed by atoms with Crippen molar-refractivity contribution in [2.24, 2.45) is 0 Å². The molecule has 3 heteroatoms. The van der Waals surface area contributed by atoms with Gasteiger partial charge in [-0.2, -0.15) is 0 Å². The van der Waals surface area contributed by atoms with Gasteiger partial charge in [0, 0.05) is 5.02 Å². The van der Waals surface area contributed by atoms with Crippen LogP contribution in [0.2, 0.25) is 5.02 Å². The highest BCUT2D eigenvalue weighted by atomic mass is 35.5. The quantitative estimate of drug-likeness (QED) is 0.546. The Morgan fingerprint density at radius 2 is 2.20 bits per heavy atom. The summed E-state index contributed by atoms with van der Waals surface area (Å²) in [6.07, 6.45) is 4.07. The lowest BCUT2D eigenvalue weighted by Gasteiger charge is -2.08. The van der Waals surface area contributed by atoms with Gasteiger partial charge in [-0.15, -0.1) is 0 Å². The minimum Gasteiger partial charge on any atom is -0.493 e. The number of aldehydes is 1. The summed E-state index contributed by atoms with van der Waals surface area (Å²) in [6.45, 7) is 2.77. The first-order valence-electron chi connectivity index (χ1n) is 5.15. The van der Waals surface area contributed by atoms with Gasteiger partial charge in [-0.3, -0.25) is 4.79 Å². The van der Waals surface area contributed by atoms with Crippen LogP contribution in [-0.2, 0) is 0 Å². The maximum atomic E-state index is 10.7. The summed E-state index contributed by atoms with van der Waals surface area (Å²) in [5, 5.41) is 0.589. The first kappa shape index (κ1) is 12.1. The molecule has 0 spiro atoms. The largest absolute Gasteiger partial charge is 0.493 e. The molecule has 1 aromatic carbocycles. The van der Waals surface area contributed by atoms with E-state index in [9.17, 15) is 4.79 Å². The lowest BCUT2D eigenvalue weighted by molar-refractivity contribution is 0.111. The molecular weight excluding hydrogens is 212 g/mol. The van der Waals surface area contributed by atoms with E-state index in [-0.39, 0.29) is 0 Å². The number of carbonyl (C=O) groups excluding carboxylic acids is 1. The maximum Gasteiger partial charge on any atom is 0.153 e. The van der Waals surface area contributed by atoms with Gasteiger partial charge in [0.25, 0.3) is 0 Å². The van der Waals surface area contributed by atoms with E-state index in [1.807, 2.05) is 0 Å². The average molecular weight is 227 g/mol. The van der Waals surface area contributed by atoms with Crippen molar-refractivity contribution < 1.29 is 9.53 Å². The number of hydrogen-bond acceptors (Lipinski definition) is 2. The summed E-state index contributed by atoms with van der Waals surface area (Å²) in [4.78, 5) is 10.7. The fourth-order valence-corrected chi connectivity index (χ4v) is 1.43. The Morgan fingerprint density at radius 3 is 2.87 bits per heavy atom. The molecule has 1 aromatic rings. The highest BCUT2D eigenvalue weighted by molar-refractivity contribution is 6.30. The Balaban J connectivity index is 2.58. The van der Waals surface area contributed by atoms with Crippen molar-refractivity contribution in [3.63, 3.8) is 0 Å². The van der Waals surface area contributed by atoms with Crippen molar-refractivity contribution in [3.8, 4) is 5.75 Å². The molecule has 0 N–H and O–H groups in total. The molecule has 0 heterocycles. The van der Waals surface area contributed by atoms with Crippen LogP contribution in [0.1, 0.15) is 36.5 Å². The van der Waals surface area contributed by atoms with Crippen molar-refractivity contribution in [3.05, 3.63) is 28.8 Å². The summed E-state index contributed by atoms with van der Waals surface area (Å²) in [6, 6.07) is 5.03. The summed E-state index contributed by atoms with van der Waals surface area (Å²) in [5.74, 6) is 0.577. The van der Waals surface area contributed by atoms with E-state index in [2.05, 4.69) is 6.92 Å². The summed E-state index contributed by atoms with van der Waals surface area (Å²) in [5.41, 5.74) is 0.552. The van der Waals surface area contributed by atoms with Gasteiger partial charge >= 0.3 is 0 Å². The third-order valence-electron chi connectivity index (χ3n) is 2.11. The van der Waals surface area contributed by atoms with E-state index in [4.69, 9.17) is 16.3 Å². The molecule has 0 saturated carbocycles. The van der Waals surface area contributed by atoms with Gasteiger partial charge in [0.05, 0.1) is 12.2 Å². The Morgan fingerprint density at radius 1 is 1.40 bits per heavy atom. The third-order valence-corrected chi connectivity index (χ3v) is 2.34. The predicted octanol–water partition coefficient (Wildman–Crippen LogP) is 3.72. The summed E-state index contributed by atoms with van der Waals surface area (Å²) < 4.78 is 5.50. The molecular formula is C12H15ClO2. The van der Waals surface area contributed by atoms with Crippen molar-refractivity contribution in [1.82, 2.24) is 0 Å². The van der Waals surface area contributed by atoms with Gasteiger partial charge in [-0.25, -0.2) is 0 Å². The van der Waals surface area contributed by atoms with E-state index in [0.29, 0.717) is 22.9 Å². The molecule has 0 atom stereocenters. The van der Waals surface area contributed by atoms with Crippen LogP contribution >= 0.6 is 11.6 Å². The highest BCUT2D eigenvalue weighted by Crippen LogP contribution is 2.22. The second-order valence-electron chi connectivity index (χ2n) is 3.36. The van der Waals surface area contributed by atoms with E-state index in [1.165, 1.54) is 0 Å². The smallest absolute Gasteiger partial charge is 0.153 e. The van der Waals surface area contributed by atoms with Gasteiger partial charge in [0.15, 0.2) is 6.29 Å². The number of halogens is 1. The standard InChI is InChI=1S/C12H15ClO2/c1-2-3-4-7-15-12-8-11(13)6-5-10(12)9-14/h5-6,8-9H,2-4,7H2,1H3. The SMILES string of the molecule is CCCCCOc1cc(Cl)ccc1C=O. The Bertz CT molecular complexity index is 323. The van der Waals surface area contributed by atoms with Crippen molar-refractivity contribution >= 4 is 17.9 Å². The number of unbranched alkanes of at least 4 members (excludes halogenated alkanes) is 2. The number of hydrogen-bond donors (Lipinski definition) is 0. The highest BCUT2D eigenvalue weighted by Gasteiger charge is 2.03. The molecule has 0 bridgehead atoms. The average Bonchev–Trinajstić information content (AvgIpc) is 2.25. The van der Waals surface area contributed by atoms with E-state index in [0.717, 1.165) is 25.5 Å². The van der Waals surface area contributed by atoms with Crippen LogP contribution in [0, 0.1) is 0 Å². The fraction of sp³-hybridized carbons (Fsp3) is 0.417. The van der Waals surface area contributed by atoms with Crippen LogP contribution in [0.4, 0.5) is 0 Å². The molecule has 0 unspecified atom stereocenters. The lowest BCUT2D eigenvalue weighted by atomic mass is 10.2. The van der Waals surface area contributed by atoms with E-state index >= 15 is 0 Å². The summed E-state index contributed by atoms with van der Waals surface area (Å²) >= 11 is 5.82.